The highest BCUT2D eigenvalue weighted by Crippen LogP contribution is 2.35. The molecule has 0 fully saturated rings. The van der Waals surface area contributed by atoms with Crippen molar-refractivity contribution < 1.29 is 23.9 Å². The van der Waals surface area contributed by atoms with Crippen LogP contribution in [0.4, 0.5) is 5.69 Å². The summed E-state index contributed by atoms with van der Waals surface area (Å²) in [5.74, 6) is 0.237. The first-order valence-corrected chi connectivity index (χ1v) is 9.00. The molecule has 1 aliphatic rings. The Kier molecular flexibility index (Phi) is 7.57. The van der Waals surface area contributed by atoms with Crippen molar-refractivity contribution in [3.8, 4) is 11.5 Å². The van der Waals surface area contributed by atoms with Crippen molar-refractivity contribution in [3.05, 3.63) is 18.2 Å². The lowest BCUT2D eigenvalue weighted by Crippen LogP contribution is -2.40. The highest BCUT2D eigenvalue weighted by atomic mass is 16.7. The molecule has 0 bridgehead atoms. The number of benzene rings is 1. The van der Waals surface area contributed by atoms with E-state index in [0.717, 1.165) is 24.3 Å². The van der Waals surface area contributed by atoms with E-state index in [2.05, 4.69) is 6.92 Å². The van der Waals surface area contributed by atoms with E-state index in [9.17, 15) is 9.59 Å². The van der Waals surface area contributed by atoms with Crippen molar-refractivity contribution in [2.75, 3.05) is 18.8 Å². The van der Waals surface area contributed by atoms with E-state index in [1.54, 1.807) is 18.2 Å². The number of anilines is 1. The van der Waals surface area contributed by atoms with Gasteiger partial charge in [0.15, 0.2) is 6.61 Å². The maximum atomic E-state index is 12.1. The molecule has 1 aliphatic heterocycles. The lowest BCUT2D eigenvalue weighted by atomic mass is 10.1. The van der Waals surface area contributed by atoms with Crippen molar-refractivity contribution in [1.82, 2.24) is 0 Å². The zero-order valence-electron chi connectivity index (χ0n) is 15.1. The van der Waals surface area contributed by atoms with E-state index in [4.69, 9.17) is 14.3 Å². The molecule has 25 heavy (non-hydrogen) atoms. The van der Waals surface area contributed by atoms with Crippen LogP contribution in [-0.2, 0) is 14.4 Å². The van der Waals surface area contributed by atoms with Gasteiger partial charge in [0, 0.05) is 12.5 Å². The normalized spacial score (nSPS) is 13.2. The molecule has 138 valence electrons. The molecule has 0 aromatic heterocycles. The summed E-state index contributed by atoms with van der Waals surface area (Å²) in [6.07, 6.45) is 8.16. The van der Waals surface area contributed by atoms with E-state index in [1.807, 2.05) is 0 Å². The molecular weight excluding hydrogens is 322 g/mol. The van der Waals surface area contributed by atoms with E-state index in [1.165, 1.54) is 32.8 Å². The van der Waals surface area contributed by atoms with Gasteiger partial charge < -0.3 is 14.3 Å². The molecule has 6 nitrogen and oxygen atoms in total. The second-order valence-corrected chi connectivity index (χ2v) is 6.15. The molecule has 0 spiro atoms. The van der Waals surface area contributed by atoms with Gasteiger partial charge in [0.05, 0.1) is 7.11 Å². The summed E-state index contributed by atoms with van der Waals surface area (Å²) in [5, 5.41) is 1.02. The predicted octanol–water partition coefficient (Wildman–Crippen LogP) is 4.02. The second kappa shape index (κ2) is 9.91. The first-order valence-electron chi connectivity index (χ1n) is 9.00. The van der Waals surface area contributed by atoms with Crippen molar-refractivity contribution in [3.63, 3.8) is 0 Å². The molecule has 0 saturated heterocycles. The lowest BCUT2D eigenvalue weighted by Gasteiger charge is -2.27. The van der Waals surface area contributed by atoms with Crippen LogP contribution in [0.5, 0.6) is 11.5 Å². The summed E-state index contributed by atoms with van der Waals surface area (Å²) in [6, 6.07) is 5.04. The molecular formula is C19H27NO5. The molecule has 0 unspecified atom stereocenters. The first kappa shape index (κ1) is 19.1. The number of carbonyl (C=O) groups is 2. The standard InChI is InChI=1S/C19H27NO5/c1-3-4-5-6-7-8-9-10-19(22)25-20-16-13-15(23-2)11-12-17(16)24-14-18(20)21/h11-13H,3-10,14H2,1-2H3. The summed E-state index contributed by atoms with van der Waals surface area (Å²) in [7, 11) is 1.53. The molecule has 1 aromatic carbocycles. The van der Waals surface area contributed by atoms with Gasteiger partial charge in [-0.1, -0.05) is 45.4 Å². The van der Waals surface area contributed by atoms with Crippen molar-refractivity contribution in [1.29, 1.82) is 0 Å². The van der Waals surface area contributed by atoms with Crippen LogP contribution in [-0.4, -0.2) is 25.6 Å². The number of hydrogen-bond acceptors (Lipinski definition) is 5. The van der Waals surface area contributed by atoms with Crippen LogP contribution in [0.2, 0.25) is 0 Å². The summed E-state index contributed by atoms with van der Waals surface area (Å²) in [5.41, 5.74) is 0.392. The third kappa shape index (κ3) is 5.66. The number of fused-ring (bicyclic) bond motifs is 1. The predicted molar refractivity (Wildman–Crippen MR) is 94.7 cm³/mol. The van der Waals surface area contributed by atoms with Gasteiger partial charge in [0.1, 0.15) is 17.2 Å². The number of rotatable bonds is 10. The van der Waals surface area contributed by atoms with Gasteiger partial charge in [-0.05, 0) is 18.6 Å². The zero-order chi connectivity index (χ0) is 18.1. The molecule has 1 aromatic rings. The zero-order valence-corrected chi connectivity index (χ0v) is 15.1. The SMILES string of the molecule is CCCCCCCCCC(=O)ON1C(=O)COc2ccc(OC)cc21. The van der Waals surface area contributed by atoms with Crippen LogP contribution in [0.15, 0.2) is 18.2 Å². The quantitative estimate of drug-likeness (QED) is 0.597. The van der Waals surface area contributed by atoms with E-state index < -0.39 is 11.9 Å². The minimum atomic E-state index is -0.409. The Morgan fingerprint density at radius 2 is 1.88 bits per heavy atom. The molecule has 2 rings (SSSR count). The van der Waals surface area contributed by atoms with Gasteiger partial charge in [-0.3, -0.25) is 4.79 Å². The highest BCUT2D eigenvalue weighted by molar-refractivity contribution is 5.97. The number of unbranched alkanes of at least 4 members (excludes halogenated alkanes) is 6. The van der Waals surface area contributed by atoms with Gasteiger partial charge in [0.25, 0.3) is 5.91 Å². The minimum absolute atomic E-state index is 0.149. The van der Waals surface area contributed by atoms with Gasteiger partial charge in [-0.2, -0.15) is 0 Å². The Balaban J connectivity index is 1.83. The summed E-state index contributed by atoms with van der Waals surface area (Å²) in [4.78, 5) is 29.4. The van der Waals surface area contributed by atoms with E-state index in [-0.39, 0.29) is 6.61 Å². The van der Waals surface area contributed by atoms with Gasteiger partial charge in [0.2, 0.25) is 0 Å². The number of nitrogens with zero attached hydrogens (tertiary/aromatic N) is 1. The van der Waals surface area contributed by atoms with Gasteiger partial charge in [-0.15, -0.1) is 5.06 Å². The second-order valence-electron chi connectivity index (χ2n) is 6.15. The van der Waals surface area contributed by atoms with Gasteiger partial charge in [-0.25, -0.2) is 4.79 Å². The number of hydrogen-bond donors (Lipinski definition) is 0. The van der Waals surface area contributed by atoms with Crippen molar-refractivity contribution >= 4 is 17.6 Å². The summed E-state index contributed by atoms with van der Waals surface area (Å²) >= 11 is 0. The Hall–Kier alpha value is -2.24. The molecule has 0 aliphatic carbocycles. The average molecular weight is 349 g/mol. The Labute approximate surface area is 149 Å². The fraction of sp³-hybridized carbons (Fsp3) is 0.579. The molecule has 1 heterocycles. The molecule has 1 amide bonds. The third-order valence-electron chi connectivity index (χ3n) is 4.14. The number of methoxy groups -OCH3 is 1. The molecule has 0 atom stereocenters. The average Bonchev–Trinajstić information content (AvgIpc) is 2.63. The number of ether oxygens (including phenoxy) is 2. The van der Waals surface area contributed by atoms with Crippen LogP contribution < -0.4 is 14.5 Å². The van der Waals surface area contributed by atoms with Crippen LogP contribution in [0.25, 0.3) is 0 Å². The van der Waals surface area contributed by atoms with Crippen LogP contribution >= 0.6 is 0 Å². The fourth-order valence-corrected chi connectivity index (χ4v) is 2.71. The monoisotopic (exact) mass is 349 g/mol. The fourth-order valence-electron chi connectivity index (χ4n) is 2.71. The Morgan fingerprint density at radius 3 is 2.60 bits per heavy atom. The molecule has 0 saturated carbocycles. The maximum Gasteiger partial charge on any atom is 0.333 e. The molecule has 0 radical (unpaired) electrons. The van der Waals surface area contributed by atoms with Crippen LogP contribution in [0, 0.1) is 0 Å². The molecule has 0 N–H and O–H groups in total. The lowest BCUT2D eigenvalue weighted by molar-refractivity contribution is -0.151. The third-order valence-corrected chi connectivity index (χ3v) is 4.14. The van der Waals surface area contributed by atoms with Crippen LogP contribution in [0.3, 0.4) is 0 Å². The number of amides is 1. The largest absolute Gasteiger partial charge is 0.497 e. The topological polar surface area (TPSA) is 65.1 Å². The smallest absolute Gasteiger partial charge is 0.333 e. The summed E-state index contributed by atoms with van der Waals surface area (Å²) < 4.78 is 10.5. The Bertz CT molecular complexity index is 587. The highest BCUT2D eigenvalue weighted by Gasteiger charge is 2.29. The van der Waals surface area contributed by atoms with E-state index >= 15 is 0 Å². The Morgan fingerprint density at radius 1 is 1.16 bits per heavy atom. The van der Waals surface area contributed by atoms with Gasteiger partial charge >= 0.3 is 5.97 Å². The first-order chi connectivity index (χ1) is 12.2. The van der Waals surface area contributed by atoms with Crippen LogP contribution in [0.1, 0.15) is 58.3 Å². The number of carbonyl (C=O) groups excluding carboxylic acids is 2. The van der Waals surface area contributed by atoms with Crippen molar-refractivity contribution in [2.24, 2.45) is 0 Å². The minimum Gasteiger partial charge on any atom is -0.497 e. The molecule has 6 heteroatoms. The number of hydroxylamine groups is 1. The summed E-state index contributed by atoms with van der Waals surface area (Å²) in [6.45, 7) is 2.04. The van der Waals surface area contributed by atoms with Crippen molar-refractivity contribution in [2.45, 2.75) is 58.3 Å². The van der Waals surface area contributed by atoms with E-state index in [0.29, 0.717) is 23.6 Å². The maximum absolute atomic E-state index is 12.1.